The molecule has 0 N–H and O–H groups in total. The molecule has 0 radical (unpaired) electrons. The first-order valence-electron chi connectivity index (χ1n) is 9.36. The fraction of sp³-hybridized carbons (Fsp3) is 0.350. The van der Waals surface area contributed by atoms with E-state index in [9.17, 15) is 9.59 Å². The van der Waals surface area contributed by atoms with Crippen LogP contribution in [0.2, 0.25) is 0 Å². The van der Waals surface area contributed by atoms with E-state index in [1.165, 1.54) is 4.57 Å². The highest BCUT2D eigenvalue weighted by Gasteiger charge is 2.21. The van der Waals surface area contributed by atoms with Gasteiger partial charge in [-0.15, -0.1) is 0 Å². The van der Waals surface area contributed by atoms with Crippen molar-refractivity contribution in [3.8, 4) is 11.3 Å². The summed E-state index contributed by atoms with van der Waals surface area (Å²) in [6.07, 6.45) is 6.83. The van der Waals surface area contributed by atoms with E-state index in [2.05, 4.69) is 20.0 Å². The van der Waals surface area contributed by atoms with Gasteiger partial charge in [-0.05, 0) is 37.0 Å². The molecule has 1 saturated heterocycles. The van der Waals surface area contributed by atoms with Crippen molar-refractivity contribution in [3.05, 3.63) is 69.8 Å². The maximum atomic E-state index is 12.3. The Morgan fingerprint density at radius 3 is 2.50 bits per heavy atom. The van der Waals surface area contributed by atoms with Crippen molar-refractivity contribution in [2.24, 2.45) is 13.0 Å². The lowest BCUT2D eigenvalue weighted by molar-refractivity contribution is 0.335. The first-order chi connectivity index (χ1) is 13.6. The van der Waals surface area contributed by atoms with E-state index in [4.69, 9.17) is 0 Å². The first-order valence-corrected chi connectivity index (χ1v) is 9.36. The minimum atomic E-state index is -0.0894. The fourth-order valence-electron chi connectivity index (χ4n) is 3.47. The minimum Gasteiger partial charge on any atom is -0.356 e. The van der Waals surface area contributed by atoms with Crippen LogP contribution in [-0.4, -0.2) is 37.4 Å². The van der Waals surface area contributed by atoms with E-state index in [1.54, 1.807) is 48.6 Å². The average molecular weight is 378 g/mol. The summed E-state index contributed by atoms with van der Waals surface area (Å²) in [5, 5.41) is 4.54. The predicted octanol–water partition coefficient (Wildman–Crippen LogP) is 1.32. The summed E-state index contributed by atoms with van der Waals surface area (Å²) >= 11 is 0. The topological polar surface area (TPSA) is 85.9 Å². The lowest BCUT2D eigenvalue weighted by Crippen LogP contribution is -2.38. The molecule has 0 unspecified atom stereocenters. The zero-order valence-corrected chi connectivity index (χ0v) is 15.7. The predicted molar refractivity (Wildman–Crippen MR) is 106 cm³/mol. The third-order valence-electron chi connectivity index (χ3n) is 5.18. The van der Waals surface area contributed by atoms with Gasteiger partial charge in [0, 0.05) is 56.8 Å². The van der Waals surface area contributed by atoms with Crippen LogP contribution in [0.15, 0.2) is 58.6 Å². The molecule has 0 amide bonds. The van der Waals surface area contributed by atoms with Gasteiger partial charge < -0.3 is 9.47 Å². The summed E-state index contributed by atoms with van der Waals surface area (Å²) in [6.45, 7) is 2.21. The molecular weight excluding hydrogens is 356 g/mol. The maximum Gasteiger partial charge on any atom is 0.266 e. The van der Waals surface area contributed by atoms with Crippen molar-refractivity contribution in [1.29, 1.82) is 0 Å². The molecule has 0 aromatic carbocycles. The van der Waals surface area contributed by atoms with Gasteiger partial charge in [0.05, 0.1) is 12.0 Å². The molecule has 3 aromatic rings. The summed E-state index contributed by atoms with van der Waals surface area (Å²) < 4.78 is 3.02. The van der Waals surface area contributed by atoms with E-state index < -0.39 is 0 Å². The highest BCUT2D eigenvalue weighted by atomic mass is 16.1. The van der Waals surface area contributed by atoms with E-state index in [0.717, 1.165) is 43.0 Å². The number of hydrogen-bond donors (Lipinski definition) is 0. The summed E-state index contributed by atoms with van der Waals surface area (Å²) in [5.74, 6) is 1.08. The van der Waals surface area contributed by atoms with Crippen molar-refractivity contribution >= 4 is 5.82 Å². The molecule has 1 aliphatic rings. The highest BCUT2D eigenvalue weighted by molar-refractivity contribution is 5.57. The molecule has 4 rings (SSSR count). The number of aryl methyl sites for hydroxylation is 1. The van der Waals surface area contributed by atoms with Crippen LogP contribution in [0.25, 0.3) is 11.3 Å². The lowest BCUT2D eigenvalue weighted by atomic mass is 9.97. The Labute approximate surface area is 162 Å². The quantitative estimate of drug-likeness (QED) is 0.681. The van der Waals surface area contributed by atoms with Gasteiger partial charge in [-0.1, -0.05) is 0 Å². The molecule has 8 nitrogen and oxygen atoms in total. The van der Waals surface area contributed by atoms with E-state index in [-0.39, 0.29) is 11.1 Å². The van der Waals surface area contributed by atoms with Gasteiger partial charge in [0.2, 0.25) is 0 Å². The van der Waals surface area contributed by atoms with Crippen LogP contribution in [0.4, 0.5) is 5.82 Å². The van der Waals surface area contributed by atoms with E-state index in [1.807, 2.05) is 12.1 Å². The number of pyridine rings is 1. The molecule has 0 bridgehead atoms. The molecule has 1 fully saturated rings. The summed E-state index contributed by atoms with van der Waals surface area (Å²) in [4.78, 5) is 34.6. The van der Waals surface area contributed by atoms with Gasteiger partial charge in [-0.2, -0.15) is 5.10 Å². The van der Waals surface area contributed by atoms with Crippen molar-refractivity contribution in [2.45, 2.75) is 19.4 Å². The maximum absolute atomic E-state index is 12.3. The lowest BCUT2D eigenvalue weighted by Gasteiger charge is -2.32. The van der Waals surface area contributed by atoms with Gasteiger partial charge in [0.15, 0.2) is 0 Å². The fourth-order valence-corrected chi connectivity index (χ4v) is 3.47. The number of anilines is 1. The van der Waals surface area contributed by atoms with Crippen molar-refractivity contribution in [2.75, 3.05) is 18.0 Å². The first kappa shape index (κ1) is 18.1. The van der Waals surface area contributed by atoms with Crippen molar-refractivity contribution in [3.63, 3.8) is 0 Å². The number of piperidine rings is 1. The van der Waals surface area contributed by atoms with Gasteiger partial charge in [-0.25, -0.2) is 9.67 Å². The highest BCUT2D eigenvalue weighted by Crippen LogP contribution is 2.22. The smallest absolute Gasteiger partial charge is 0.266 e. The molecule has 144 valence electrons. The van der Waals surface area contributed by atoms with Crippen molar-refractivity contribution < 1.29 is 0 Å². The molecule has 1 aliphatic heterocycles. The average Bonchev–Trinajstić information content (AvgIpc) is 2.73. The van der Waals surface area contributed by atoms with Crippen LogP contribution < -0.4 is 16.0 Å². The molecule has 3 aromatic heterocycles. The Balaban J connectivity index is 1.44. The third kappa shape index (κ3) is 3.85. The Morgan fingerprint density at radius 2 is 1.79 bits per heavy atom. The second kappa shape index (κ2) is 7.75. The van der Waals surface area contributed by atoms with Crippen LogP contribution in [0.3, 0.4) is 0 Å². The Morgan fingerprint density at radius 1 is 1.04 bits per heavy atom. The normalized spacial score (nSPS) is 15.0. The molecule has 0 aliphatic carbocycles. The van der Waals surface area contributed by atoms with Crippen LogP contribution in [0.1, 0.15) is 12.8 Å². The van der Waals surface area contributed by atoms with Gasteiger partial charge in [-0.3, -0.25) is 14.6 Å². The second-order valence-electron chi connectivity index (χ2n) is 7.10. The van der Waals surface area contributed by atoms with Gasteiger partial charge in [0.1, 0.15) is 5.82 Å². The standard InChI is InChI=1S/C20H22N6O2/c1-24-14-22-18(12-20(24)28)25-10-6-15(7-11-25)13-26-19(27)3-2-17(23-26)16-4-8-21-9-5-16/h2-5,8-9,12,14-15H,6-7,10-11,13H2,1H3. The summed E-state index contributed by atoms with van der Waals surface area (Å²) in [7, 11) is 1.69. The molecule has 0 saturated carbocycles. The number of rotatable bonds is 4. The van der Waals surface area contributed by atoms with E-state index in [0.29, 0.717) is 12.5 Å². The minimum absolute atomic E-state index is 0.0594. The van der Waals surface area contributed by atoms with Crippen LogP contribution in [0, 0.1) is 5.92 Å². The van der Waals surface area contributed by atoms with Gasteiger partial charge in [0.25, 0.3) is 11.1 Å². The summed E-state index contributed by atoms with van der Waals surface area (Å²) in [6, 6.07) is 8.66. The van der Waals surface area contributed by atoms with Crippen LogP contribution in [-0.2, 0) is 13.6 Å². The largest absolute Gasteiger partial charge is 0.356 e. The van der Waals surface area contributed by atoms with E-state index >= 15 is 0 Å². The molecule has 0 spiro atoms. The summed E-state index contributed by atoms with van der Waals surface area (Å²) in [5.41, 5.74) is 1.56. The third-order valence-corrected chi connectivity index (χ3v) is 5.18. The molecule has 28 heavy (non-hydrogen) atoms. The second-order valence-corrected chi connectivity index (χ2v) is 7.10. The Hall–Kier alpha value is -3.29. The Kier molecular flexibility index (Phi) is 5.01. The molecule has 0 atom stereocenters. The van der Waals surface area contributed by atoms with Gasteiger partial charge >= 0.3 is 0 Å². The number of hydrogen-bond acceptors (Lipinski definition) is 6. The molecular formula is C20H22N6O2. The molecule has 4 heterocycles. The zero-order chi connectivity index (χ0) is 19.5. The van der Waals surface area contributed by atoms with Crippen LogP contribution in [0.5, 0.6) is 0 Å². The number of nitrogens with zero attached hydrogens (tertiary/aromatic N) is 6. The SMILES string of the molecule is Cn1cnc(N2CCC(Cn3nc(-c4ccncc4)ccc3=O)CC2)cc1=O. The van der Waals surface area contributed by atoms with Crippen LogP contribution >= 0.6 is 0 Å². The Bertz CT molecular complexity index is 1070. The number of aromatic nitrogens is 5. The zero-order valence-electron chi connectivity index (χ0n) is 15.7. The van der Waals surface area contributed by atoms with Crippen molar-refractivity contribution in [1.82, 2.24) is 24.3 Å². The monoisotopic (exact) mass is 378 g/mol. The molecule has 8 heteroatoms.